The van der Waals surface area contributed by atoms with E-state index < -0.39 is 0 Å². The van der Waals surface area contributed by atoms with Crippen LogP contribution in [-0.2, 0) is 17.9 Å². The first-order chi connectivity index (χ1) is 8.49. The minimum Gasteiger partial charge on any atom is -0.374 e. The molecule has 102 valence electrons. The van der Waals surface area contributed by atoms with Crippen molar-refractivity contribution in [2.24, 2.45) is 5.92 Å². The standard InChI is InChI=1S/C16H27NO/c1-12(2)14(5)18-11-16-8-6-15(7-9-16)10-17-13(3)4/h6-9,12-14,17H,10-11H2,1-5H3. The maximum atomic E-state index is 5.81. The van der Waals surface area contributed by atoms with Crippen LogP contribution in [0.25, 0.3) is 0 Å². The fourth-order valence-corrected chi connectivity index (χ4v) is 1.50. The second-order valence-electron chi connectivity index (χ2n) is 5.61. The zero-order valence-corrected chi connectivity index (χ0v) is 12.4. The van der Waals surface area contributed by atoms with Crippen molar-refractivity contribution in [1.29, 1.82) is 0 Å². The van der Waals surface area contributed by atoms with Crippen LogP contribution in [0.15, 0.2) is 24.3 Å². The summed E-state index contributed by atoms with van der Waals surface area (Å²) < 4.78 is 5.81. The molecule has 2 heteroatoms. The summed E-state index contributed by atoms with van der Waals surface area (Å²) in [7, 11) is 0. The molecule has 0 fully saturated rings. The van der Waals surface area contributed by atoms with Gasteiger partial charge in [0.15, 0.2) is 0 Å². The molecule has 0 aromatic heterocycles. The molecule has 18 heavy (non-hydrogen) atoms. The van der Waals surface area contributed by atoms with E-state index in [1.54, 1.807) is 0 Å². The lowest BCUT2D eigenvalue weighted by molar-refractivity contribution is 0.0235. The van der Waals surface area contributed by atoms with Crippen molar-refractivity contribution < 1.29 is 4.74 Å². The molecule has 1 aromatic rings. The average Bonchev–Trinajstić information content (AvgIpc) is 2.34. The summed E-state index contributed by atoms with van der Waals surface area (Å²) in [5.41, 5.74) is 2.57. The highest BCUT2D eigenvalue weighted by Crippen LogP contribution is 2.11. The van der Waals surface area contributed by atoms with Crippen LogP contribution in [0.4, 0.5) is 0 Å². The van der Waals surface area contributed by atoms with E-state index in [4.69, 9.17) is 4.74 Å². The molecular formula is C16H27NO. The molecule has 0 amide bonds. The lowest BCUT2D eigenvalue weighted by Gasteiger charge is -2.16. The quantitative estimate of drug-likeness (QED) is 0.794. The first-order valence-corrected chi connectivity index (χ1v) is 6.92. The molecule has 0 radical (unpaired) electrons. The first-order valence-electron chi connectivity index (χ1n) is 6.92. The smallest absolute Gasteiger partial charge is 0.0720 e. The number of hydrogen-bond acceptors (Lipinski definition) is 2. The second-order valence-corrected chi connectivity index (χ2v) is 5.61. The van der Waals surface area contributed by atoms with Crippen LogP contribution in [0.2, 0.25) is 0 Å². The molecule has 1 aromatic carbocycles. The van der Waals surface area contributed by atoms with E-state index in [1.807, 2.05) is 0 Å². The van der Waals surface area contributed by atoms with Gasteiger partial charge in [0.2, 0.25) is 0 Å². The van der Waals surface area contributed by atoms with Crippen molar-refractivity contribution >= 4 is 0 Å². The Morgan fingerprint density at radius 1 is 0.944 bits per heavy atom. The van der Waals surface area contributed by atoms with Crippen LogP contribution in [0.5, 0.6) is 0 Å². The van der Waals surface area contributed by atoms with Gasteiger partial charge in [-0.1, -0.05) is 52.0 Å². The lowest BCUT2D eigenvalue weighted by atomic mass is 10.1. The SMILES string of the molecule is CC(C)NCc1ccc(COC(C)C(C)C)cc1. The molecule has 2 nitrogen and oxygen atoms in total. The monoisotopic (exact) mass is 249 g/mol. The minimum atomic E-state index is 0.312. The zero-order valence-electron chi connectivity index (χ0n) is 12.4. The highest BCUT2D eigenvalue weighted by atomic mass is 16.5. The number of benzene rings is 1. The average molecular weight is 249 g/mol. The van der Waals surface area contributed by atoms with Crippen LogP contribution in [-0.4, -0.2) is 12.1 Å². The van der Waals surface area contributed by atoms with Crippen LogP contribution in [0.3, 0.4) is 0 Å². The Morgan fingerprint density at radius 2 is 1.50 bits per heavy atom. The minimum absolute atomic E-state index is 0.312. The Morgan fingerprint density at radius 3 is 2.00 bits per heavy atom. The Kier molecular flexibility index (Phi) is 6.37. The Hall–Kier alpha value is -0.860. The van der Waals surface area contributed by atoms with Crippen LogP contribution in [0.1, 0.15) is 45.7 Å². The van der Waals surface area contributed by atoms with Gasteiger partial charge in [0, 0.05) is 12.6 Å². The molecule has 1 N–H and O–H groups in total. The van der Waals surface area contributed by atoms with Gasteiger partial charge in [0.25, 0.3) is 0 Å². The highest BCUT2D eigenvalue weighted by Gasteiger charge is 2.07. The fraction of sp³-hybridized carbons (Fsp3) is 0.625. The molecule has 0 aliphatic carbocycles. The Labute approximate surface area is 112 Å². The molecule has 0 aliphatic heterocycles. The van der Waals surface area contributed by atoms with E-state index in [-0.39, 0.29) is 0 Å². The Balaban J connectivity index is 2.40. The molecule has 0 bridgehead atoms. The molecular weight excluding hydrogens is 222 g/mol. The van der Waals surface area contributed by atoms with E-state index in [2.05, 4.69) is 64.2 Å². The van der Waals surface area contributed by atoms with E-state index in [0.717, 1.165) is 6.54 Å². The lowest BCUT2D eigenvalue weighted by Crippen LogP contribution is -2.21. The molecule has 1 atom stereocenters. The van der Waals surface area contributed by atoms with Gasteiger partial charge in [0.1, 0.15) is 0 Å². The van der Waals surface area contributed by atoms with Crippen molar-refractivity contribution in [3.8, 4) is 0 Å². The van der Waals surface area contributed by atoms with Gasteiger partial charge in [-0.05, 0) is 24.0 Å². The third kappa shape index (κ3) is 5.65. The number of nitrogens with one attached hydrogen (secondary N) is 1. The summed E-state index contributed by atoms with van der Waals surface area (Å²) in [5, 5.41) is 3.42. The van der Waals surface area contributed by atoms with Crippen molar-refractivity contribution in [3.05, 3.63) is 35.4 Å². The van der Waals surface area contributed by atoms with Crippen molar-refractivity contribution in [1.82, 2.24) is 5.32 Å². The van der Waals surface area contributed by atoms with Crippen LogP contribution >= 0.6 is 0 Å². The number of ether oxygens (including phenoxy) is 1. The summed E-state index contributed by atoms with van der Waals surface area (Å²) in [6, 6.07) is 9.19. The van der Waals surface area contributed by atoms with E-state index >= 15 is 0 Å². The van der Waals surface area contributed by atoms with Gasteiger partial charge in [-0.25, -0.2) is 0 Å². The summed E-state index contributed by atoms with van der Waals surface area (Å²) >= 11 is 0. The topological polar surface area (TPSA) is 21.3 Å². The summed E-state index contributed by atoms with van der Waals surface area (Å²) in [6.45, 7) is 12.5. The van der Waals surface area contributed by atoms with Gasteiger partial charge in [-0.3, -0.25) is 0 Å². The predicted molar refractivity (Wildman–Crippen MR) is 77.5 cm³/mol. The van der Waals surface area contributed by atoms with Crippen molar-refractivity contribution in [2.75, 3.05) is 0 Å². The van der Waals surface area contributed by atoms with Crippen LogP contribution in [0, 0.1) is 5.92 Å². The predicted octanol–water partition coefficient (Wildman–Crippen LogP) is 3.75. The van der Waals surface area contributed by atoms with Gasteiger partial charge >= 0.3 is 0 Å². The first kappa shape index (κ1) is 15.2. The van der Waals surface area contributed by atoms with E-state index in [1.165, 1.54) is 11.1 Å². The molecule has 0 saturated heterocycles. The van der Waals surface area contributed by atoms with Gasteiger partial charge in [-0.2, -0.15) is 0 Å². The Bertz CT molecular complexity index is 329. The fourth-order valence-electron chi connectivity index (χ4n) is 1.50. The third-order valence-electron chi connectivity index (χ3n) is 3.19. The normalized spacial score (nSPS) is 13.3. The highest BCUT2D eigenvalue weighted by molar-refractivity contribution is 5.22. The summed E-state index contributed by atoms with van der Waals surface area (Å²) in [6.07, 6.45) is 0.312. The number of hydrogen-bond donors (Lipinski definition) is 1. The number of rotatable bonds is 7. The van der Waals surface area contributed by atoms with E-state index in [0.29, 0.717) is 24.7 Å². The van der Waals surface area contributed by atoms with Gasteiger partial charge < -0.3 is 10.1 Å². The molecule has 0 spiro atoms. The van der Waals surface area contributed by atoms with Crippen LogP contribution < -0.4 is 5.32 Å². The molecule has 0 aliphatic rings. The van der Waals surface area contributed by atoms with Crippen molar-refractivity contribution in [3.63, 3.8) is 0 Å². The molecule has 0 heterocycles. The summed E-state index contributed by atoms with van der Waals surface area (Å²) in [4.78, 5) is 0. The molecule has 1 unspecified atom stereocenters. The molecule has 1 rings (SSSR count). The van der Waals surface area contributed by atoms with Gasteiger partial charge in [0.05, 0.1) is 12.7 Å². The zero-order chi connectivity index (χ0) is 13.5. The second kappa shape index (κ2) is 7.55. The van der Waals surface area contributed by atoms with Gasteiger partial charge in [-0.15, -0.1) is 0 Å². The largest absolute Gasteiger partial charge is 0.374 e. The third-order valence-corrected chi connectivity index (χ3v) is 3.19. The van der Waals surface area contributed by atoms with E-state index in [9.17, 15) is 0 Å². The summed E-state index contributed by atoms with van der Waals surface area (Å²) in [5.74, 6) is 0.569. The molecule has 0 saturated carbocycles. The maximum Gasteiger partial charge on any atom is 0.0720 e. The van der Waals surface area contributed by atoms with Crippen molar-refractivity contribution in [2.45, 2.75) is 59.9 Å². The maximum absolute atomic E-state index is 5.81.